The van der Waals surface area contributed by atoms with Gasteiger partial charge in [-0.15, -0.1) is 0 Å². The van der Waals surface area contributed by atoms with Crippen LogP contribution < -0.4 is 5.32 Å². The maximum Gasteiger partial charge on any atom is 0.0933 e. The second-order valence-electron chi connectivity index (χ2n) is 5.44. The fourth-order valence-electron chi connectivity index (χ4n) is 2.71. The fourth-order valence-corrected chi connectivity index (χ4v) is 2.71. The van der Waals surface area contributed by atoms with Gasteiger partial charge < -0.3 is 14.8 Å². The Morgan fingerprint density at radius 1 is 1.38 bits per heavy atom. The van der Waals surface area contributed by atoms with E-state index in [0.717, 1.165) is 32.3 Å². The lowest BCUT2D eigenvalue weighted by Crippen LogP contribution is -2.59. The molecule has 3 nitrogen and oxygen atoms in total. The molecule has 1 N–H and O–H groups in total. The van der Waals surface area contributed by atoms with E-state index in [1.165, 1.54) is 25.7 Å². The van der Waals surface area contributed by atoms with Crippen LogP contribution in [0.3, 0.4) is 0 Å². The minimum Gasteiger partial charge on any atom is -0.379 e. The van der Waals surface area contributed by atoms with Crippen molar-refractivity contribution in [2.24, 2.45) is 5.92 Å². The van der Waals surface area contributed by atoms with Crippen LogP contribution in [0.15, 0.2) is 0 Å². The van der Waals surface area contributed by atoms with Crippen molar-refractivity contribution < 1.29 is 9.47 Å². The molecule has 16 heavy (non-hydrogen) atoms. The van der Waals surface area contributed by atoms with Crippen molar-refractivity contribution in [2.75, 3.05) is 26.4 Å². The van der Waals surface area contributed by atoms with Crippen LogP contribution in [0.1, 0.15) is 39.5 Å². The van der Waals surface area contributed by atoms with Crippen LogP contribution in [-0.2, 0) is 9.47 Å². The number of nitrogens with one attached hydrogen (secondary N) is 1. The first-order chi connectivity index (χ1) is 7.74. The SMILES string of the molecule is CCOCC1CNC2(CCC(C)CC2)CO1. The van der Waals surface area contributed by atoms with Crippen molar-refractivity contribution in [3.63, 3.8) is 0 Å². The maximum atomic E-state index is 5.92. The quantitative estimate of drug-likeness (QED) is 0.799. The molecule has 0 radical (unpaired) electrons. The molecule has 94 valence electrons. The van der Waals surface area contributed by atoms with Crippen molar-refractivity contribution in [1.82, 2.24) is 5.32 Å². The van der Waals surface area contributed by atoms with Crippen LogP contribution in [0.4, 0.5) is 0 Å². The van der Waals surface area contributed by atoms with Crippen LogP contribution in [-0.4, -0.2) is 38.0 Å². The highest BCUT2D eigenvalue weighted by Gasteiger charge is 2.38. The first kappa shape index (κ1) is 12.3. The van der Waals surface area contributed by atoms with E-state index in [9.17, 15) is 0 Å². The molecule has 1 unspecified atom stereocenters. The molecule has 1 spiro atoms. The molecule has 2 rings (SSSR count). The third-order valence-electron chi connectivity index (χ3n) is 4.04. The van der Waals surface area contributed by atoms with E-state index in [-0.39, 0.29) is 11.6 Å². The van der Waals surface area contributed by atoms with E-state index in [2.05, 4.69) is 12.2 Å². The number of ether oxygens (including phenoxy) is 2. The minimum atomic E-state index is 0.255. The Labute approximate surface area is 98.9 Å². The van der Waals surface area contributed by atoms with Crippen molar-refractivity contribution in [3.05, 3.63) is 0 Å². The fraction of sp³-hybridized carbons (Fsp3) is 1.00. The summed E-state index contributed by atoms with van der Waals surface area (Å²) < 4.78 is 11.3. The molecule has 1 atom stereocenters. The van der Waals surface area contributed by atoms with Crippen LogP contribution in [0, 0.1) is 5.92 Å². The molecule has 2 aliphatic rings. The molecule has 1 saturated heterocycles. The van der Waals surface area contributed by atoms with Crippen LogP contribution in [0.5, 0.6) is 0 Å². The molecule has 3 heteroatoms. The third kappa shape index (κ3) is 2.96. The molecule has 0 bridgehead atoms. The molecule has 0 aromatic rings. The predicted molar refractivity (Wildman–Crippen MR) is 64.6 cm³/mol. The van der Waals surface area contributed by atoms with Gasteiger partial charge in [0.05, 0.1) is 19.3 Å². The number of morpholine rings is 1. The smallest absolute Gasteiger partial charge is 0.0933 e. The molecule has 1 heterocycles. The average molecular weight is 227 g/mol. The standard InChI is InChI=1S/C13H25NO2/c1-3-15-9-12-8-14-13(10-16-12)6-4-11(2)5-7-13/h11-12,14H,3-10H2,1-2H3. The average Bonchev–Trinajstić information content (AvgIpc) is 2.33. The highest BCUT2D eigenvalue weighted by atomic mass is 16.5. The zero-order chi connectivity index (χ0) is 11.4. The first-order valence-electron chi connectivity index (χ1n) is 6.68. The lowest BCUT2D eigenvalue weighted by Gasteiger charge is -2.45. The highest BCUT2D eigenvalue weighted by molar-refractivity contribution is 4.95. The van der Waals surface area contributed by atoms with E-state index in [1.54, 1.807) is 0 Å². The zero-order valence-electron chi connectivity index (χ0n) is 10.6. The summed E-state index contributed by atoms with van der Waals surface area (Å²) in [5.74, 6) is 0.897. The monoisotopic (exact) mass is 227 g/mol. The van der Waals surface area contributed by atoms with Gasteiger partial charge in [0.25, 0.3) is 0 Å². The van der Waals surface area contributed by atoms with Gasteiger partial charge in [-0.2, -0.15) is 0 Å². The summed E-state index contributed by atoms with van der Waals surface area (Å²) in [5.41, 5.74) is 0.287. The zero-order valence-corrected chi connectivity index (χ0v) is 10.6. The Hall–Kier alpha value is -0.120. The lowest BCUT2D eigenvalue weighted by atomic mass is 9.77. The predicted octanol–water partition coefficient (Wildman–Crippen LogP) is 1.96. The van der Waals surface area contributed by atoms with Crippen LogP contribution in [0.25, 0.3) is 0 Å². The van der Waals surface area contributed by atoms with Gasteiger partial charge in [0.1, 0.15) is 0 Å². The van der Waals surface area contributed by atoms with Crippen molar-refractivity contribution in [3.8, 4) is 0 Å². The van der Waals surface area contributed by atoms with Gasteiger partial charge in [-0.3, -0.25) is 0 Å². The summed E-state index contributed by atoms with van der Waals surface area (Å²) in [6, 6.07) is 0. The number of hydrogen-bond donors (Lipinski definition) is 1. The summed E-state index contributed by atoms with van der Waals surface area (Å²) in [5, 5.41) is 3.71. The summed E-state index contributed by atoms with van der Waals surface area (Å²) in [7, 11) is 0. The molecule has 0 amide bonds. The largest absolute Gasteiger partial charge is 0.379 e. The lowest BCUT2D eigenvalue weighted by molar-refractivity contribution is -0.0795. The van der Waals surface area contributed by atoms with E-state index in [1.807, 2.05) is 6.92 Å². The summed E-state index contributed by atoms with van der Waals surface area (Å²) in [6.07, 6.45) is 5.48. The second kappa shape index (κ2) is 5.48. The van der Waals surface area contributed by atoms with Crippen LogP contribution in [0.2, 0.25) is 0 Å². The van der Waals surface area contributed by atoms with Crippen molar-refractivity contribution >= 4 is 0 Å². The van der Waals surface area contributed by atoms with Crippen LogP contribution >= 0.6 is 0 Å². The Kier molecular flexibility index (Phi) is 4.22. The summed E-state index contributed by atoms with van der Waals surface area (Å²) >= 11 is 0. The molecule has 0 aromatic heterocycles. The van der Waals surface area contributed by atoms with E-state index in [0.29, 0.717) is 0 Å². The van der Waals surface area contributed by atoms with E-state index in [4.69, 9.17) is 9.47 Å². The topological polar surface area (TPSA) is 30.5 Å². The molecular weight excluding hydrogens is 202 g/mol. The first-order valence-corrected chi connectivity index (χ1v) is 6.68. The molecule has 1 aliphatic heterocycles. The van der Waals surface area contributed by atoms with Gasteiger partial charge in [0.15, 0.2) is 0 Å². The minimum absolute atomic E-state index is 0.255. The van der Waals surface area contributed by atoms with Crippen molar-refractivity contribution in [2.45, 2.75) is 51.2 Å². The number of hydrogen-bond acceptors (Lipinski definition) is 3. The maximum absolute atomic E-state index is 5.92. The Bertz CT molecular complexity index is 202. The van der Waals surface area contributed by atoms with Gasteiger partial charge in [0.2, 0.25) is 0 Å². The van der Waals surface area contributed by atoms with Gasteiger partial charge in [-0.25, -0.2) is 0 Å². The molecule has 2 fully saturated rings. The molecule has 1 saturated carbocycles. The summed E-state index contributed by atoms with van der Waals surface area (Å²) in [6.45, 7) is 7.72. The third-order valence-corrected chi connectivity index (χ3v) is 4.04. The molecule has 0 aromatic carbocycles. The van der Waals surface area contributed by atoms with Gasteiger partial charge in [0, 0.05) is 18.7 Å². The molecule has 1 aliphatic carbocycles. The van der Waals surface area contributed by atoms with Gasteiger partial charge in [-0.05, 0) is 38.5 Å². The second-order valence-corrected chi connectivity index (χ2v) is 5.44. The Balaban J connectivity index is 1.76. The highest BCUT2D eigenvalue weighted by Crippen LogP contribution is 2.33. The van der Waals surface area contributed by atoms with Crippen molar-refractivity contribution in [1.29, 1.82) is 0 Å². The number of rotatable bonds is 3. The summed E-state index contributed by atoms with van der Waals surface area (Å²) in [4.78, 5) is 0. The Morgan fingerprint density at radius 2 is 2.12 bits per heavy atom. The van der Waals surface area contributed by atoms with E-state index >= 15 is 0 Å². The Morgan fingerprint density at radius 3 is 2.69 bits per heavy atom. The van der Waals surface area contributed by atoms with E-state index < -0.39 is 0 Å². The molecular formula is C13H25NO2. The van der Waals surface area contributed by atoms with Gasteiger partial charge >= 0.3 is 0 Å². The normalized spacial score (nSPS) is 40.1. The van der Waals surface area contributed by atoms with Gasteiger partial charge in [-0.1, -0.05) is 6.92 Å².